The van der Waals surface area contributed by atoms with E-state index in [2.05, 4.69) is 54.1 Å². The zero-order chi connectivity index (χ0) is 27.0. The molecule has 0 spiro atoms. The second-order valence-corrected chi connectivity index (χ2v) is 15.0. The molecule has 0 aliphatic carbocycles. The smallest absolute Gasteiger partial charge is 0.332 e. The molecule has 2 aromatic heterocycles. The van der Waals surface area contributed by atoms with Crippen LogP contribution < -0.4 is 21.5 Å². The van der Waals surface area contributed by atoms with Crippen molar-refractivity contribution in [3.63, 3.8) is 0 Å². The Kier molecular flexibility index (Phi) is 6.94. The number of hydrogen-bond donors (Lipinski definition) is 3. The fourth-order valence-electron chi connectivity index (χ4n) is 3.62. The van der Waals surface area contributed by atoms with Gasteiger partial charge < -0.3 is 25.2 Å². The average molecular weight is 521 g/mol. The van der Waals surface area contributed by atoms with Gasteiger partial charge in [-0.3, -0.25) is 4.79 Å². The SMILES string of the molecule is COc1ccccc1-n1c(=O)[nH]c2c(C(N)=O)nc(Nc3ccccc3CO[Si](C)(C)C(C)(C)C)nc21. The third kappa shape index (κ3) is 5.13. The number of nitrogens with zero attached hydrogens (tertiary/aromatic N) is 3. The maximum Gasteiger partial charge on any atom is 0.332 e. The number of primary amides is 1. The summed E-state index contributed by atoms with van der Waals surface area (Å²) in [5, 5.41) is 3.26. The van der Waals surface area contributed by atoms with E-state index < -0.39 is 19.9 Å². The minimum Gasteiger partial charge on any atom is -0.495 e. The summed E-state index contributed by atoms with van der Waals surface area (Å²) in [5.41, 5.74) is 7.45. The molecule has 1 amide bonds. The summed E-state index contributed by atoms with van der Waals surface area (Å²) in [6.07, 6.45) is 0. The minimum atomic E-state index is -1.99. The van der Waals surface area contributed by atoms with Crippen molar-refractivity contribution in [1.29, 1.82) is 0 Å². The maximum atomic E-state index is 13.0. The van der Waals surface area contributed by atoms with E-state index in [0.29, 0.717) is 18.0 Å². The number of nitrogens with two attached hydrogens (primary N) is 1. The second-order valence-electron chi connectivity index (χ2n) is 10.2. The van der Waals surface area contributed by atoms with Crippen molar-refractivity contribution in [3.8, 4) is 11.4 Å². The van der Waals surface area contributed by atoms with Crippen LogP contribution >= 0.6 is 0 Å². The first kappa shape index (κ1) is 26.1. The number of carbonyl (C=O) groups is 1. The third-order valence-corrected chi connectivity index (χ3v) is 11.2. The fourth-order valence-corrected chi connectivity index (χ4v) is 4.57. The molecule has 194 valence electrons. The molecule has 0 fully saturated rings. The van der Waals surface area contributed by atoms with Gasteiger partial charge in [-0.05, 0) is 41.9 Å². The molecular formula is C26H32N6O4Si. The van der Waals surface area contributed by atoms with E-state index in [1.807, 2.05) is 24.3 Å². The molecule has 11 heteroatoms. The molecule has 10 nitrogen and oxygen atoms in total. The Labute approximate surface area is 216 Å². The molecule has 0 saturated heterocycles. The van der Waals surface area contributed by atoms with E-state index in [1.165, 1.54) is 11.7 Å². The van der Waals surface area contributed by atoms with E-state index in [-0.39, 0.29) is 27.8 Å². The summed E-state index contributed by atoms with van der Waals surface area (Å²) in [6, 6.07) is 14.7. The average Bonchev–Trinajstić information content (AvgIpc) is 3.17. The number of para-hydroxylation sites is 3. The van der Waals surface area contributed by atoms with Crippen LogP contribution in [-0.4, -0.2) is 40.9 Å². The Balaban J connectivity index is 1.79. The quantitative estimate of drug-likeness (QED) is 0.291. The standard InChI is InChI=1S/C26H32N6O4Si/c1-26(2,3)37(5,6)36-15-16-11-7-8-12-17(16)28-24-29-20(22(27)33)21-23(31-24)32(25(34)30-21)18-13-9-10-14-19(18)35-4/h7-14H,15H2,1-6H3,(H2,27,33)(H,30,34)(H,28,29,31). The van der Waals surface area contributed by atoms with Crippen LogP contribution in [0.15, 0.2) is 53.3 Å². The van der Waals surface area contributed by atoms with Gasteiger partial charge in [-0.25, -0.2) is 14.3 Å². The van der Waals surface area contributed by atoms with E-state index in [0.717, 1.165) is 11.3 Å². The molecule has 37 heavy (non-hydrogen) atoms. The number of nitrogens with one attached hydrogen (secondary N) is 2. The van der Waals surface area contributed by atoms with Gasteiger partial charge in [0.15, 0.2) is 19.7 Å². The lowest BCUT2D eigenvalue weighted by Gasteiger charge is -2.36. The molecule has 0 aliphatic heterocycles. The number of imidazole rings is 1. The lowest BCUT2D eigenvalue weighted by molar-refractivity contribution is 0.0997. The lowest BCUT2D eigenvalue weighted by Crippen LogP contribution is -2.40. The molecule has 0 atom stereocenters. The zero-order valence-corrected chi connectivity index (χ0v) is 22.9. The first-order valence-corrected chi connectivity index (χ1v) is 14.8. The van der Waals surface area contributed by atoms with E-state index in [9.17, 15) is 9.59 Å². The summed E-state index contributed by atoms with van der Waals surface area (Å²) in [4.78, 5) is 36.9. The van der Waals surface area contributed by atoms with Crippen LogP contribution in [-0.2, 0) is 11.0 Å². The summed E-state index contributed by atoms with van der Waals surface area (Å²) < 4.78 is 13.2. The minimum absolute atomic E-state index is 0.0658. The van der Waals surface area contributed by atoms with Crippen LogP contribution in [0.5, 0.6) is 5.75 Å². The van der Waals surface area contributed by atoms with Crippen LogP contribution in [0, 0.1) is 0 Å². The van der Waals surface area contributed by atoms with Gasteiger partial charge in [0.25, 0.3) is 5.91 Å². The van der Waals surface area contributed by atoms with Crippen molar-refractivity contribution in [2.24, 2.45) is 5.73 Å². The normalized spacial score (nSPS) is 12.1. The molecule has 4 rings (SSSR count). The summed E-state index contributed by atoms with van der Waals surface area (Å²) >= 11 is 0. The van der Waals surface area contributed by atoms with Crippen LogP contribution in [0.2, 0.25) is 18.1 Å². The summed E-state index contributed by atoms with van der Waals surface area (Å²) in [7, 11) is -0.476. The number of fused-ring (bicyclic) bond motifs is 1. The van der Waals surface area contributed by atoms with Gasteiger partial charge in [0.05, 0.1) is 19.4 Å². The number of hydrogen-bond acceptors (Lipinski definition) is 7. The lowest BCUT2D eigenvalue weighted by atomic mass is 10.2. The molecule has 4 N–H and O–H groups in total. The predicted molar refractivity (Wildman–Crippen MR) is 146 cm³/mol. The van der Waals surface area contributed by atoms with Gasteiger partial charge in [0.1, 0.15) is 11.3 Å². The Morgan fingerprint density at radius 1 is 1.11 bits per heavy atom. The van der Waals surface area contributed by atoms with Crippen LogP contribution in [0.3, 0.4) is 0 Å². The van der Waals surface area contributed by atoms with Crippen molar-refractivity contribution in [1.82, 2.24) is 19.5 Å². The van der Waals surface area contributed by atoms with Gasteiger partial charge in [-0.2, -0.15) is 4.98 Å². The number of carbonyl (C=O) groups excluding carboxylic acids is 1. The molecule has 0 bridgehead atoms. The largest absolute Gasteiger partial charge is 0.495 e. The number of H-pyrrole nitrogens is 1. The van der Waals surface area contributed by atoms with E-state index >= 15 is 0 Å². The molecule has 0 radical (unpaired) electrons. The zero-order valence-electron chi connectivity index (χ0n) is 21.9. The van der Waals surface area contributed by atoms with Crippen molar-refractivity contribution in [2.45, 2.75) is 45.5 Å². The molecule has 0 unspecified atom stereocenters. The van der Waals surface area contributed by atoms with Gasteiger partial charge in [0.2, 0.25) is 5.95 Å². The Morgan fingerprint density at radius 3 is 2.46 bits per heavy atom. The first-order chi connectivity index (χ1) is 17.4. The number of benzene rings is 2. The van der Waals surface area contributed by atoms with Crippen molar-refractivity contribution >= 4 is 37.0 Å². The first-order valence-electron chi connectivity index (χ1n) is 11.9. The molecule has 4 aromatic rings. The predicted octanol–water partition coefficient (Wildman–Crippen LogP) is 4.48. The number of aromatic amines is 1. The van der Waals surface area contributed by atoms with Crippen molar-refractivity contribution in [2.75, 3.05) is 12.4 Å². The van der Waals surface area contributed by atoms with E-state index in [1.54, 1.807) is 24.3 Å². The highest BCUT2D eigenvalue weighted by Crippen LogP contribution is 2.37. The monoisotopic (exact) mass is 520 g/mol. The number of anilines is 2. The van der Waals surface area contributed by atoms with Gasteiger partial charge in [-0.15, -0.1) is 0 Å². The molecule has 2 heterocycles. The highest BCUT2D eigenvalue weighted by molar-refractivity contribution is 6.74. The highest BCUT2D eigenvalue weighted by Gasteiger charge is 2.37. The number of rotatable bonds is 8. The Bertz CT molecular complexity index is 1520. The topological polar surface area (TPSA) is 137 Å². The van der Waals surface area contributed by atoms with Crippen LogP contribution in [0.1, 0.15) is 36.8 Å². The molecule has 0 aliphatic rings. The van der Waals surface area contributed by atoms with Crippen LogP contribution in [0.4, 0.5) is 11.6 Å². The molecule has 2 aromatic carbocycles. The van der Waals surface area contributed by atoms with Gasteiger partial charge in [0, 0.05) is 5.69 Å². The maximum absolute atomic E-state index is 13.0. The second kappa shape index (κ2) is 9.83. The summed E-state index contributed by atoms with van der Waals surface area (Å²) in [6.45, 7) is 11.4. The van der Waals surface area contributed by atoms with Crippen molar-refractivity contribution < 1.29 is 14.0 Å². The van der Waals surface area contributed by atoms with Crippen molar-refractivity contribution in [3.05, 3.63) is 70.3 Å². The number of aromatic nitrogens is 4. The fraction of sp³-hybridized carbons (Fsp3) is 0.308. The van der Waals surface area contributed by atoms with Gasteiger partial charge >= 0.3 is 5.69 Å². The molecular weight excluding hydrogens is 488 g/mol. The highest BCUT2D eigenvalue weighted by atomic mass is 28.4. The summed E-state index contributed by atoms with van der Waals surface area (Å²) in [5.74, 6) is -0.213. The Hall–Kier alpha value is -3.96. The number of amides is 1. The van der Waals surface area contributed by atoms with Gasteiger partial charge in [-0.1, -0.05) is 51.1 Å². The molecule has 0 saturated carbocycles. The Morgan fingerprint density at radius 2 is 1.78 bits per heavy atom. The van der Waals surface area contributed by atoms with E-state index in [4.69, 9.17) is 14.9 Å². The number of ether oxygens (including phenoxy) is 1. The van der Waals surface area contributed by atoms with Crippen LogP contribution in [0.25, 0.3) is 16.9 Å². The third-order valence-electron chi connectivity index (χ3n) is 6.75. The number of methoxy groups -OCH3 is 1.